The summed E-state index contributed by atoms with van der Waals surface area (Å²) in [5, 5.41) is 15.0. The first-order chi connectivity index (χ1) is 14.0. The van der Waals surface area contributed by atoms with E-state index < -0.39 is 5.91 Å². The van der Waals surface area contributed by atoms with Gasteiger partial charge in [0.05, 0.1) is 25.5 Å². The Balaban J connectivity index is 1.85. The minimum Gasteiger partial charge on any atom is -0.493 e. The number of aryl methyl sites for hydroxylation is 1. The van der Waals surface area contributed by atoms with Gasteiger partial charge in [0.15, 0.2) is 11.5 Å². The molecule has 8 nitrogen and oxygen atoms in total. The Morgan fingerprint density at radius 1 is 1.03 bits per heavy atom. The largest absolute Gasteiger partial charge is 0.493 e. The van der Waals surface area contributed by atoms with Gasteiger partial charge in [0.1, 0.15) is 23.4 Å². The number of hydrogen-bond acceptors (Lipinski definition) is 7. The van der Waals surface area contributed by atoms with Crippen LogP contribution in [-0.2, 0) is 0 Å². The standard InChI is InChI=1S/C21H19N5O3/c1-13-23-17(21(27)26-16-7-5-4-6-14(16)12-22)11-20(24-13)25-15-8-9-18(28-2)19(10-15)29-3/h4-11H,1-3H3,(H,26,27)(H,23,24,25). The fourth-order valence-electron chi connectivity index (χ4n) is 2.69. The van der Waals surface area contributed by atoms with Crippen LogP contribution >= 0.6 is 0 Å². The molecule has 29 heavy (non-hydrogen) atoms. The van der Waals surface area contributed by atoms with E-state index in [1.165, 1.54) is 6.07 Å². The van der Waals surface area contributed by atoms with Crippen LogP contribution in [0.4, 0.5) is 17.2 Å². The van der Waals surface area contributed by atoms with Crippen molar-refractivity contribution < 1.29 is 14.3 Å². The summed E-state index contributed by atoms with van der Waals surface area (Å²) >= 11 is 0. The second kappa shape index (κ2) is 8.71. The van der Waals surface area contributed by atoms with Gasteiger partial charge in [-0.25, -0.2) is 9.97 Å². The number of carbonyl (C=O) groups excluding carboxylic acids is 1. The fraction of sp³-hybridized carbons (Fsp3) is 0.143. The molecule has 0 aliphatic heterocycles. The minimum atomic E-state index is -0.437. The van der Waals surface area contributed by atoms with E-state index in [1.807, 2.05) is 12.1 Å². The summed E-state index contributed by atoms with van der Waals surface area (Å²) in [6.45, 7) is 1.69. The maximum absolute atomic E-state index is 12.6. The molecule has 0 spiro atoms. The highest BCUT2D eigenvalue weighted by Crippen LogP contribution is 2.31. The molecule has 0 fully saturated rings. The highest BCUT2D eigenvalue weighted by Gasteiger charge is 2.13. The smallest absolute Gasteiger partial charge is 0.274 e. The van der Waals surface area contributed by atoms with Crippen LogP contribution in [0.1, 0.15) is 21.9 Å². The van der Waals surface area contributed by atoms with Gasteiger partial charge in [-0.15, -0.1) is 0 Å². The van der Waals surface area contributed by atoms with Crippen LogP contribution < -0.4 is 20.1 Å². The monoisotopic (exact) mass is 389 g/mol. The van der Waals surface area contributed by atoms with Crippen molar-refractivity contribution in [1.29, 1.82) is 5.26 Å². The third-order valence-electron chi connectivity index (χ3n) is 4.02. The number of benzene rings is 2. The average Bonchev–Trinajstić information content (AvgIpc) is 2.73. The van der Waals surface area contributed by atoms with Gasteiger partial charge in [0.25, 0.3) is 5.91 Å². The van der Waals surface area contributed by atoms with Gasteiger partial charge in [0, 0.05) is 17.8 Å². The summed E-state index contributed by atoms with van der Waals surface area (Å²) in [6.07, 6.45) is 0. The Kier molecular flexibility index (Phi) is 5.90. The maximum Gasteiger partial charge on any atom is 0.274 e. The van der Waals surface area contributed by atoms with E-state index in [0.29, 0.717) is 40.1 Å². The van der Waals surface area contributed by atoms with Gasteiger partial charge in [-0.1, -0.05) is 12.1 Å². The van der Waals surface area contributed by atoms with Gasteiger partial charge in [-0.2, -0.15) is 5.26 Å². The third kappa shape index (κ3) is 4.59. The van der Waals surface area contributed by atoms with Crippen molar-refractivity contribution in [2.24, 2.45) is 0 Å². The van der Waals surface area contributed by atoms with E-state index in [9.17, 15) is 10.1 Å². The Morgan fingerprint density at radius 2 is 1.79 bits per heavy atom. The lowest BCUT2D eigenvalue weighted by molar-refractivity contribution is 0.102. The lowest BCUT2D eigenvalue weighted by atomic mass is 10.2. The summed E-state index contributed by atoms with van der Waals surface area (Å²) in [4.78, 5) is 21.2. The molecule has 0 atom stereocenters. The second-order valence-electron chi connectivity index (χ2n) is 5.99. The molecular weight excluding hydrogens is 370 g/mol. The van der Waals surface area contributed by atoms with Crippen molar-refractivity contribution in [3.63, 3.8) is 0 Å². The molecule has 2 N–H and O–H groups in total. The van der Waals surface area contributed by atoms with Gasteiger partial charge in [0.2, 0.25) is 0 Å². The van der Waals surface area contributed by atoms with Crippen LogP contribution in [0.5, 0.6) is 11.5 Å². The Morgan fingerprint density at radius 3 is 2.52 bits per heavy atom. The number of nitriles is 1. The van der Waals surface area contributed by atoms with Crippen molar-refractivity contribution in [3.8, 4) is 17.6 Å². The van der Waals surface area contributed by atoms with Crippen molar-refractivity contribution >= 4 is 23.1 Å². The summed E-state index contributed by atoms with van der Waals surface area (Å²) < 4.78 is 10.5. The van der Waals surface area contributed by atoms with Crippen LogP contribution in [0.25, 0.3) is 0 Å². The summed E-state index contributed by atoms with van der Waals surface area (Å²) in [7, 11) is 3.12. The number of ether oxygens (including phenoxy) is 2. The number of carbonyl (C=O) groups is 1. The van der Waals surface area contributed by atoms with Crippen molar-refractivity contribution in [2.45, 2.75) is 6.92 Å². The predicted molar refractivity (Wildman–Crippen MR) is 109 cm³/mol. The molecule has 1 amide bonds. The Hall–Kier alpha value is -4.12. The van der Waals surface area contributed by atoms with E-state index in [4.69, 9.17) is 9.47 Å². The highest BCUT2D eigenvalue weighted by atomic mass is 16.5. The molecule has 2 aromatic carbocycles. The predicted octanol–water partition coefficient (Wildman–Crippen LogP) is 3.67. The fourth-order valence-corrected chi connectivity index (χ4v) is 2.69. The molecule has 0 aliphatic rings. The quantitative estimate of drug-likeness (QED) is 0.662. The topological polar surface area (TPSA) is 109 Å². The van der Waals surface area contributed by atoms with Crippen LogP contribution in [0.3, 0.4) is 0 Å². The zero-order valence-electron chi connectivity index (χ0n) is 16.2. The number of amides is 1. The number of para-hydroxylation sites is 1. The van der Waals surface area contributed by atoms with Crippen LogP contribution in [0.15, 0.2) is 48.5 Å². The van der Waals surface area contributed by atoms with Crippen LogP contribution in [0, 0.1) is 18.3 Å². The molecule has 3 aromatic rings. The van der Waals surface area contributed by atoms with Gasteiger partial charge in [-0.3, -0.25) is 4.79 Å². The molecule has 1 aromatic heterocycles. The molecule has 8 heteroatoms. The van der Waals surface area contributed by atoms with E-state index in [-0.39, 0.29) is 5.69 Å². The first kappa shape index (κ1) is 19.6. The molecule has 3 rings (SSSR count). The summed E-state index contributed by atoms with van der Waals surface area (Å²) in [6, 6.07) is 15.7. The van der Waals surface area contributed by atoms with Crippen molar-refractivity contribution in [1.82, 2.24) is 9.97 Å². The SMILES string of the molecule is COc1ccc(Nc2cc(C(=O)Nc3ccccc3C#N)nc(C)n2)cc1OC. The van der Waals surface area contributed by atoms with Gasteiger partial charge in [-0.05, 0) is 31.2 Å². The normalized spacial score (nSPS) is 10.0. The Labute approximate surface area is 168 Å². The molecule has 0 radical (unpaired) electrons. The van der Waals surface area contributed by atoms with E-state index in [0.717, 1.165) is 0 Å². The van der Waals surface area contributed by atoms with Crippen LogP contribution in [-0.4, -0.2) is 30.1 Å². The number of rotatable bonds is 6. The molecule has 0 unspecified atom stereocenters. The number of nitrogens with zero attached hydrogens (tertiary/aromatic N) is 3. The van der Waals surface area contributed by atoms with E-state index in [1.54, 1.807) is 57.5 Å². The van der Waals surface area contributed by atoms with Crippen molar-refractivity contribution in [3.05, 3.63) is 65.6 Å². The van der Waals surface area contributed by atoms with E-state index >= 15 is 0 Å². The average molecular weight is 389 g/mol. The second-order valence-corrected chi connectivity index (χ2v) is 5.99. The Bertz CT molecular complexity index is 1090. The zero-order valence-corrected chi connectivity index (χ0v) is 16.2. The minimum absolute atomic E-state index is 0.174. The molecule has 146 valence electrons. The molecule has 0 saturated carbocycles. The van der Waals surface area contributed by atoms with Crippen LogP contribution in [0.2, 0.25) is 0 Å². The number of nitrogens with one attached hydrogen (secondary N) is 2. The number of anilines is 3. The third-order valence-corrected chi connectivity index (χ3v) is 4.02. The lowest BCUT2D eigenvalue weighted by Crippen LogP contribution is -2.16. The molecule has 0 aliphatic carbocycles. The number of hydrogen-bond donors (Lipinski definition) is 2. The van der Waals surface area contributed by atoms with Gasteiger partial charge < -0.3 is 20.1 Å². The molecule has 1 heterocycles. The summed E-state index contributed by atoms with van der Waals surface area (Å²) in [5.74, 6) is 1.61. The number of aromatic nitrogens is 2. The number of methoxy groups -OCH3 is 2. The van der Waals surface area contributed by atoms with Crippen molar-refractivity contribution in [2.75, 3.05) is 24.9 Å². The summed E-state index contributed by atoms with van der Waals surface area (Å²) in [5.41, 5.74) is 1.68. The highest BCUT2D eigenvalue weighted by molar-refractivity contribution is 6.04. The zero-order chi connectivity index (χ0) is 20.8. The molecule has 0 saturated heterocycles. The lowest BCUT2D eigenvalue weighted by Gasteiger charge is -2.12. The first-order valence-corrected chi connectivity index (χ1v) is 8.69. The first-order valence-electron chi connectivity index (χ1n) is 8.69. The van der Waals surface area contributed by atoms with E-state index in [2.05, 4.69) is 20.6 Å². The van der Waals surface area contributed by atoms with Gasteiger partial charge >= 0.3 is 0 Å². The maximum atomic E-state index is 12.6. The molecule has 0 bridgehead atoms. The molecular formula is C21H19N5O3.